The molecule has 0 saturated heterocycles. The predicted octanol–water partition coefficient (Wildman–Crippen LogP) is 2.03. The zero-order valence-corrected chi connectivity index (χ0v) is 6.53. The van der Waals surface area contributed by atoms with Gasteiger partial charge in [0.25, 0.3) is 0 Å². The summed E-state index contributed by atoms with van der Waals surface area (Å²) in [6, 6.07) is -0.0556. The van der Waals surface area contributed by atoms with Gasteiger partial charge in [-0.05, 0) is 19.9 Å². The Morgan fingerprint density at radius 2 is 2.00 bits per heavy atom. The molecule has 1 atom stereocenters. The molecule has 1 nitrogen and oxygen atoms in total. The summed E-state index contributed by atoms with van der Waals surface area (Å²) < 4.78 is 23.3. The molecule has 0 aliphatic heterocycles. The van der Waals surface area contributed by atoms with Gasteiger partial charge in [-0.3, -0.25) is 0 Å². The molecule has 0 saturated carbocycles. The van der Waals surface area contributed by atoms with Crippen molar-refractivity contribution in [3.8, 4) is 0 Å². The lowest BCUT2D eigenvalue weighted by atomic mass is 10.2. The quantitative estimate of drug-likeness (QED) is 0.634. The van der Waals surface area contributed by atoms with E-state index in [1.54, 1.807) is 6.92 Å². The summed E-state index contributed by atoms with van der Waals surface area (Å²) in [5.41, 5.74) is 0. The Labute approximate surface area is 60.8 Å². The van der Waals surface area contributed by atoms with Gasteiger partial charge >= 0.3 is 0 Å². The van der Waals surface area contributed by atoms with E-state index in [0.717, 1.165) is 13.0 Å². The van der Waals surface area contributed by atoms with Crippen molar-refractivity contribution in [2.45, 2.75) is 39.2 Å². The molecule has 1 unspecified atom stereocenters. The van der Waals surface area contributed by atoms with Gasteiger partial charge < -0.3 is 5.32 Å². The van der Waals surface area contributed by atoms with Crippen LogP contribution in [0.15, 0.2) is 0 Å². The van der Waals surface area contributed by atoms with Crippen molar-refractivity contribution in [2.24, 2.45) is 0 Å². The lowest BCUT2D eigenvalue weighted by Crippen LogP contribution is -2.28. The van der Waals surface area contributed by atoms with Crippen LogP contribution in [0.3, 0.4) is 0 Å². The number of halogens is 2. The van der Waals surface area contributed by atoms with Crippen LogP contribution in [0.4, 0.5) is 8.78 Å². The fourth-order valence-corrected chi connectivity index (χ4v) is 0.741. The first-order chi connectivity index (χ1) is 4.66. The van der Waals surface area contributed by atoms with Gasteiger partial charge in [-0.15, -0.1) is 0 Å². The number of alkyl halides is 2. The first-order valence-electron chi connectivity index (χ1n) is 3.68. The van der Waals surface area contributed by atoms with Gasteiger partial charge in [0.15, 0.2) is 0 Å². The Morgan fingerprint density at radius 3 is 2.40 bits per heavy atom. The average Bonchev–Trinajstić information content (AvgIpc) is 1.82. The largest absolute Gasteiger partial charge is 0.314 e. The van der Waals surface area contributed by atoms with Crippen LogP contribution in [0.1, 0.15) is 26.7 Å². The van der Waals surface area contributed by atoms with Crippen LogP contribution in [0.5, 0.6) is 0 Å². The first-order valence-corrected chi connectivity index (χ1v) is 3.68. The minimum atomic E-state index is -2.18. The highest BCUT2D eigenvalue weighted by Crippen LogP contribution is 2.02. The van der Waals surface area contributed by atoms with Crippen molar-refractivity contribution in [1.29, 1.82) is 0 Å². The van der Waals surface area contributed by atoms with E-state index in [1.807, 2.05) is 6.92 Å². The molecule has 0 aliphatic rings. The third-order valence-corrected chi connectivity index (χ3v) is 1.27. The molecule has 0 radical (unpaired) electrons. The topological polar surface area (TPSA) is 12.0 Å². The first kappa shape index (κ1) is 9.82. The second-order valence-electron chi connectivity index (χ2n) is 2.48. The summed E-state index contributed by atoms with van der Waals surface area (Å²) in [7, 11) is 0. The molecule has 0 rings (SSSR count). The fraction of sp³-hybridized carbons (Fsp3) is 1.00. The van der Waals surface area contributed by atoms with Gasteiger partial charge in [0.2, 0.25) is 6.43 Å². The fourth-order valence-electron chi connectivity index (χ4n) is 0.741. The van der Waals surface area contributed by atoms with Gasteiger partial charge in [-0.25, -0.2) is 8.78 Å². The van der Waals surface area contributed by atoms with Crippen molar-refractivity contribution < 1.29 is 8.78 Å². The lowest BCUT2D eigenvalue weighted by molar-refractivity contribution is 0.125. The predicted molar refractivity (Wildman–Crippen MR) is 38.4 cm³/mol. The third kappa shape index (κ3) is 5.95. The van der Waals surface area contributed by atoms with Crippen molar-refractivity contribution in [2.75, 3.05) is 6.54 Å². The molecule has 0 spiro atoms. The average molecular weight is 151 g/mol. The molecule has 1 N–H and O–H groups in total. The van der Waals surface area contributed by atoms with Crippen LogP contribution in [0, 0.1) is 0 Å². The molecule has 3 heteroatoms. The molecule has 0 aliphatic carbocycles. The van der Waals surface area contributed by atoms with Crippen LogP contribution in [-0.4, -0.2) is 19.0 Å². The monoisotopic (exact) mass is 151 g/mol. The summed E-state index contributed by atoms with van der Waals surface area (Å²) in [6.45, 7) is 4.62. The van der Waals surface area contributed by atoms with E-state index in [9.17, 15) is 8.78 Å². The van der Waals surface area contributed by atoms with Crippen LogP contribution < -0.4 is 5.32 Å². The smallest absolute Gasteiger partial charge is 0.240 e. The Kier molecular flexibility index (Phi) is 5.49. The van der Waals surface area contributed by atoms with E-state index in [1.165, 1.54) is 0 Å². The van der Waals surface area contributed by atoms with Crippen molar-refractivity contribution in [3.05, 3.63) is 0 Å². The summed E-state index contributed by atoms with van der Waals surface area (Å²) >= 11 is 0. The van der Waals surface area contributed by atoms with E-state index in [0.29, 0.717) is 0 Å². The number of hydrogen-bond acceptors (Lipinski definition) is 1. The second-order valence-corrected chi connectivity index (χ2v) is 2.48. The van der Waals surface area contributed by atoms with Crippen LogP contribution >= 0.6 is 0 Å². The highest BCUT2D eigenvalue weighted by Gasteiger charge is 2.07. The SMILES string of the molecule is CCCNC(C)CC(F)F. The van der Waals surface area contributed by atoms with E-state index in [2.05, 4.69) is 5.32 Å². The summed E-state index contributed by atoms with van der Waals surface area (Å²) in [5, 5.41) is 2.98. The minimum Gasteiger partial charge on any atom is -0.314 e. The molecule has 0 aromatic carbocycles. The van der Waals surface area contributed by atoms with Crippen LogP contribution in [0.2, 0.25) is 0 Å². The van der Waals surface area contributed by atoms with Gasteiger partial charge in [-0.1, -0.05) is 6.92 Å². The normalized spacial score (nSPS) is 14.1. The van der Waals surface area contributed by atoms with Gasteiger partial charge in [0.05, 0.1) is 0 Å². The zero-order valence-electron chi connectivity index (χ0n) is 6.53. The maximum atomic E-state index is 11.7. The van der Waals surface area contributed by atoms with Gasteiger partial charge in [-0.2, -0.15) is 0 Å². The van der Waals surface area contributed by atoms with Crippen molar-refractivity contribution in [1.82, 2.24) is 5.32 Å². The Balaban J connectivity index is 3.16. The summed E-state index contributed by atoms with van der Waals surface area (Å²) in [6.07, 6.45) is -1.23. The molecule has 10 heavy (non-hydrogen) atoms. The minimum absolute atomic E-state index is 0.0417. The highest BCUT2D eigenvalue weighted by molar-refractivity contribution is 4.60. The summed E-state index contributed by atoms with van der Waals surface area (Å²) in [5.74, 6) is 0. The highest BCUT2D eigenvalue weighted by atomic mass is 19.3. The van der Waals surface area contributed by atoms with Crippen LogP contribution in [-0.2, 0) is 0 Å². The number of rotatable bonds is 5. The van der Waals surface area contributed by atoms with Gasteiger partial charge in [0.1, 0.15) is 0 Å². The van der Waals surface area contributed by atoms with Gasteiger partial charge in [0, 0.05) is 12.5 Å². The second kappa shape index (κ2) is 5.59. The molecule has 62 valence electrons. The summed E-state index contributed by atoms with van der Waals surface area (Å²) in [4.78, 5) is 0. The zero-order chi connectivity index (χ0) is 7.98. The molecule has 0 bridgehead atoms. The maximum absolute atomic E-state index is 11.7. The molecular weight excluding hydrogens is 136 g/mol. The molecule has 0 aromatic heterocycles. The standard InChI is InChI=1S/C7H15F2N/c1-3-4-10-6(2)5-7(8)9/h6-7,10H,3-5H2,1-2H3. The van der Waals surface area contributed by atoms with E-state index in [4.69, 9.17) is 0 Å². The number of hydrogen-bond donors (Lipinski definition) is 1. The lowest BCUT2D eigenvalue weighted by Gasteiger charge is -2.11. The van der Waals surface area contributed by atoms with Crippen molar-refractivity contribution >= 4 is 0 Å². The van der Waals surface area contributed by atoms with Crippen LogP contribution in [0.25, 0.3) is 0 Å². The van der Waals surface area contributed by atoms with E-state index >= 15 is 0 Å². The third-order valence-electron chi connectivity index (χ3n) is 1.27. The number of nitrogens with one attached hydrogen (secondary N) is 1. The van der Waals surface area contributed by atoms with Crippen molar-refractivity contribution in [3.63, 3.8) is 0 Å². The molecule has 0 fully saturated rings. The molecular formula is C7H15F2N. The van der Waals surface area contributed by atoms with E-state index in [-0.39, 0.29) is 12.5 Å². The Bertz CT molecular complexity index is 76.0. The Hall–Kier alpha value is -0.180. The molecule has 0 amide bonds. The maximum Gasteiger partial charge on any atom is 0.240 e. The molecule has 0 heterocycles. The Morgan fingerprint density at radius 1 is 1.40 bits per heavy atom. The molecule has 0 aromatic rings. The van der Waals surface area contributed by atoms with E-state index < -0.39 is 6.43 Å².